The predicted molar refractivity (Wildman–Crippen MR) is 200 cm³/mol. The summed E-state index contributed by atoms with van der Waals surface area (Å²) in [6.07, 6.45) is -6.32. The number of fused-ring (bicyclic) bond motifs is 5. The van der Waals surface area contributed by atoms with Gasteiger partial charge in [0, 0.05) is 37.3 Å². The number of methoxy groups -OCH3 is 2. The van der Waals surface area contributed by atoms with Gasteiger partial charge in [-0.25, -0.2) is 4.79 Å². The molecule has 1 heterocycles. The molecule has 58 heavy (non-hydrogen) atoms. The van der Waals surface area contributed by atoms with E-state index >= 15 is 0 Å². The lowest BCUT2D eigenvalue weighted by atomic mass is 9.56. The Morgan fingerprint density at radius 2 is 1.69 bits per heavy atom. The number of esters is 1. The maximum Gasteiger partial charge on any atom is 0.342 e. The van der Waals surface area contributed by atoms with Crippen molar-refractivity contribution in [2.24, 2.45) is 10.9 Å². The van der Waals surface area contributed by atoms with Crippen LogP contribution >= 0.6 is 0 Å². The van der Waals surface area contributed by atoms with E-state index in [2.05, 4.69) is 4.99 Å². The summed E-state index contributed by atoms with van der Waals surface area (Å²) in [5.74, 6) is -8.68. The fourth-order valence-corrected chi connectivity index (χ4v) is 9.00. The van der Waals surface area contributed by atoms with Crippen LogP contribution in [-0.2, 0) is 37.4 Å². The van der Waals surface area contributed by atoms with Gasteiger partial charge in [-0.15, -0.1) is 0 Å². The largest absolute Gasteiger partial charge is 0.507 e. The second-order valence-electron chi connectivity index (χ2n) is 15.0. The summed E-state index contributed by atoms with van der Waals surface area (Å²) in [7, 11) is 2.27. The number of hydrogen-bond acceptors (Lipinski definition) is 16. The van der Waals surface area contributed by atoms with E-state index in [4.69, 9.17) is 18.9 Å². The molecule has 0 saturated carbocycles. The number of carbonyl (C=O) groups excluding carboxylic acids is 5. The number of aromatic hydroxyl groups is 2. The van der Waals surface area contributed by atoms with Crippen molar-refractivity contribution in [2.75, 3.05) is 27.4 Å². The summed E-state index contributed by atoms with van der Waals surface area (Å²) < 4.78 is 22.2. The molecular formula is C42H43NO15. The molecule has 1 aliphatic heterocycles. The van der Waals surface area contributed by atoms with E-state index in [1.54, 1.807) is 6.92 Å². The third kappa shape index (κ3) is 5.93. The van der Waals surface area contributed by atoms with E-state index in [-0.39, 0.29) is 17.7 Å². The van der Waals surface area contributed by atoms with Crippen molar-refractivity contribution < 1.29 is 73.6 Å². The number of carbonyl (C=O) groups is 5. The zero-order valence-corrected chi connectivity index (χ0v) is 32.1. The second kappa shape index (κ2) is 15.2. The maximum absolute atomic E-state index is 14.8. The Labute approximate surface area is 331 Å². The molecule has 0 bridgehead atoms. The third-order valence-corrected chi connectivity index (χ3v) is 11.8. The Morgan fingerprint density at radius 3 is 2.34 bits per heavy atom. The first-order chi connectivity index (χ1) is 27.6. The lowest BCUT2D eigenvalue weighted by Crippen LogP contribution is -2.73. The van der Waals surface area contributed by atoms with Gasteiger partial charge in [0.15, 0.2) is 23.2 Å². The van der Waals surface area contributed by atoms with Crippen LogP contribution < -0.4 is 0 Å². The number of aliphatic imine (C=N–C) groups is 1. The molecule has 1 unspecified atom stereocenters. The number of ketones is 4. The van der Waals surface area contributed by atoms with E-state index in [0.717, 1.165) is 18.7 Å². The van der Waals surface area contributed by atoms with Gasteiger partial charge in [-0.3, -0.25) is 24.2 Å². The second-order valence-corrected chi connectivity index (χ2v) is 15.0. The summed E-state index contributed by atoms with van der Waals surface area (Å²) in [6.45, 7) is 2.37. The molecule has 3 aromatic carbocycles. The molecule has 1 saturated heterocycles. The monoisotopic (exact) mass is 801 g/mol. The van der Waals surface area contributed by atoms with Crippen LogP contribution in [0.3, 0.4) is 0 Å². The molecule has 0 spiro atoms. The van der Waals surface area contributed by atoms with E-state index in [0.29, 0.717) is 12.8 Å². The summed E-state index contributed by atoms with van der Waals surface area (Å²) >= 11 is 0. The zero-order chi connectivity index (χ0) is 42.0. The minimum Gasteiger partial charge on any atom is -0.507 e. The molecule has 16 nitrogen and oxygen atoms in total. The standard InChI is InChI=1S/C42H43NO15/c1-18-13-21-14-27(46)42(56-4)38(52)30-23(37(51)41(42,54)31(21)35(50)28(18)40(53)57-12-8-11-20-9-6-5-7-10-20)15-22-29(34(30)49)26(45)16-25(32(22)47)43-39-24(17-44)33(48)36(55-3)19(2)58-39/h5-7,9-10,13,15,19,24,27,33,36,39,44,46,48-50,54H,8,11-12,14,16-17H2,1-4H3/t19-,24?,27+,33-,36-,39-,41-,42+/m0/s1. The number of aliphatic hydroxyl groups is 4. The van der Waals surface area contributed by atoms with Crippen LogP contribution in [0.2, 0.25) is 0 Å². The minimum atomic E-state index is -3.27. The smallest absolute Gasteiger partial charge is 0.342 e. The molecule has 7 rings (SSSR count). The summed E-state index contributed by atoms with van der Waals surface area (Å²) in [6, 6.07) is 11.6. The molecule has 8 atom stereocenters. The highest BCUT2D eigenvalue weighted by atomic mass is 16.6. The molecule has 3 aliphatic carbocycles. The van der Waals surface area contributed by atoms with Crippen molar-refractivity contribution in [1.82, 2.24) is 0 Å². The Bertz CT molecular complexity index is 2270. The first-order valence-corrected chi connectivity index (χ1v) is 18.7. The van der Waals surface area contributed by atoms with Gasteiger partial charge in [-0.05, 0) is 49.4 Å². The molecule has 1 fully saturated rings. The molecule has 0 aromatic heterocycles. The Kier molecular flexibility index (Phi) is 10.7. The lowest BCUT2D eigenvalue weighted by molar-refractivity contribution is -0.206. The Morgan fingerprint density at radius 1 is 0.983 bits per heavy atom. The zero-order valence-electron chi connectivity index (χ0n) is 32.1. The van der Waals surface area contributed by atoms with Crippen LogP contribution in [0.15, 0.2) is 47.5 Å². The minimum absolute atomic E-state index is 0.0104. The van der Waals surface area contributed by atoms with Crippen LogP contribution in [0.1, 0.15) is 93.8 Å². The number of nitrogens with zero attached hydrogens (tertiary/aromatic N) is 1. The molecule has 6 N–H and O–H groups in total. The number of rotatable bonds is 9. The van der Waals surface area contributed by atoms with E-state index in [1.807, 2.05) is 30.3 Å². The first kappa shape index (κ1) is 41.0. The van der Waals surface area contributed by atoms with Crippen molar-refractivity contribution in [2.45, 2.75) is 81.4 Å². The van der Waals surface area contributed by atoms with Gasteiger partial charge in [0.1, 0.15) is 23.2 Å². The fourth-order valence-electron chi connectivity index (χ4n) is 9.00. The number of phenolic OH excluding ortho intramolecular Hbond substituents is 2. The number of aliphatic hydroxyl groups excluding tert-OH is 3. The van der Waals surface area contributed by atoms with Crippen LogP contribution in [-0.4, -0.2) is 129 Å². The number of Topliss-reactive ketones (excluding diaryl/α,β-unsaturated/α-hetero) is 4. The van der Waals surface area contributed by atoms with Crippen LogP contribution in [0.4, 0.5) is 0 Å². The summed E-state index contributed by atoms with van der Waals surface area (Å²) in [5.41, 5.74) is -9.24. The summed E-state index contributed by atoms with van der Waals surface area (Å²) in [4.78, 5) is 75.0. The first-order valence-electron chi connectivity index (χ1n) is 18.7. The van der Waals surface area contributed by atoms with Crippen LogP contribution in [0.5, 0.6) is 11.5 Å². The lowest BCUT2D eigenvalue weighted by Gasteiger charge is -2.52. The van der Waals surface area contributed by atoms with Crippen LogP contribution in [0.25, 0.3) is 0 Å². The van der Waals surface area contributed by atoms with Crippen molar-refractivity contribution in [3.05, 3.63) is 92.5 Å². The van der Waals surface area contributed by atoms with Crippen molar-refractivity contribution in [1.29, 1.82) is 0 Å². The molecule has 306 valence electrons. The van der Waals surface area contributed by atoms with Crippen molar-refractivity contribution in [3.8, 4) is 11.5 Å². The number of phenols is 2. The fraction of sp³-hybridized carbons (Fsp3) is 0.429. The maximum atomic E-state index is 14.8. The van der Waals surface area contributed by atoms with Gasteiger partial charge in [-0.1, -0.05) is 36.4 Å². The van der Waals surface area contributed by atoms with Gasteiger partial charge in [0.2, 0.25) is 17.3 Å². The Hall–Kier alpha value is -5.20. The van der Waals surface area contributed by atoms with E-state index < -0.39 is 147 Å². The summed E-state index contributed by atoms with van der Waals surface area (Å²) in [5, 5.41) is 68.6. The van der Waals surface area contributed by atoms with Gasteiger partial charge in [0.25, 0.3) is 0 Å². The van der Waals surface area contributed by atoms with Crippen molar-refractivity contribution in [3.63, 3.8) is 0 Å². The number of ether oxygens (including phenoxy) is 4. The van der Waals surface area contributed by atoms with Gasteiger partial charge >= 0.3 is 5.97 Å². The molecule has 4 aliphatic rings. The highest BCUT2D eigenvalue weighted by Gasteiger charge is 2.72. The van der Waals surface area contributed by atoms with Gasteiger partial charge in [-0.2, -0.15) is 0 Å². The molecule has 0 amide bonds. The number of hydrogen-bond donors (Lipinski definition) is 6. The molecule has 3 aromatic rings. The quantitative estimate of drug-likeness (QED) is 0.133. The van der Waals surface area contributed by atoms with E-state index in [9.17, 15) is 54.6 Å². The van der Waals surface area contributed by atoms with Crippen molar-refractivity contribution >= 4 is 34.8 Å². The van der Waals surface area contributed by atoms with Gasteiger partial charge in [0.05, 0.1) is 60.7 Å². The SMILES string of the molecule is CO[C@H]1[C@H](C)O[C@H](N=C2CC(=O)c3c(cc4c(c3O)C(=O)[C@]3(OC)[C@H](O)Cc5cc(C)c(C(=O)OCCCc6ccccc6)c(O)c5[C@]3(O)C4=O)C2=O)C(CO)[C@@H]1O. The molecule has 16 heteroatoms. The topological polar surface area (TPSA) is 256 Å². The number of aryl methyl sites for hydroxylation is 2. The Balaban J connectivity index is 1.31. The average molecular weight is 802 g/mol. The number of benzene rings is 3. The average Bonchev–Trinajstić information content (AvgIpc) is 3.17. The highest BCUT2D eigenvalue weighted by Crippen LogP contribution is 2.56. The highest BCUT2D eigenvalue weighted by molar-refractivity contribution is 6.53. The van der Waals surface area contributed by atoms with E-state index in [1.165, 1.54) is 20.1 Å². The normalized spacial score (nSPS) is 29.8. The predicted octanol–water partition coefficient (Wildman–Crippen LogP) is 1.70. The third-order valence-electron chi connectivity index (χ3n) is 11.8. The molecule has 0 radical (unpaired) electrons. The van der Waals surface area contributed by atoms with Gasteiger partial charge < -0.3 is 49.6 Å². The molecular weight excluding hydrogens is 758 g/mol. The van der Waals surface area contributed by atoms with Crippen LogP contribution in [0, 0.1) is 12.8 Å².